The van der Waals surface area contributed by atoms with E-state index in [1.807, 2.05) is 0 Å². The summed E-state index contributed by atoms with van der Waals surface area (Å²) in [6, 6.07) is 9.12. The van der Waals surface area contributed by atoms with Crippen molar-refractivity contribution in [2.24, 2.45) is 5.41 Å². The summed E-state index contributed by atoms with van der Waals surface area (Å²) in [4.78, 5) is 3.55. The van der Waals surface area contributed by atoms with Crippen LogP contribution in [0.15, 0.2) is 29.2 Å². The number of aliphatic hydroxyl groups is 1. The smallest absolute Gasteiger partial charge is 0.0505 e. The Bertz CT molecular complexity index is 378. The van der Waals surface area contributed by atoms with E-state index in [0.29, 0.717) is 12.6 Å². The molecular formula is C15H23NOS. The summed E-state index contributed by atoms with van der Waals surface area (Å²) < 4.78 is 0. The van der Waals surface area contributed by atoms with E-state index in [1.54, 1.807) is 11.8 Å². The van der Waals surface area contributed by atoms with Crippen LogP contribution < -0.4 is 0 Å². The number of nitrogens with zero attached hydrogens (tertiary/aromatic N) is 1. The Balaban J connectivity index is 2.29. The molecule has 1 atom stereocenters. The standard InChI is InChI=1S/C15H23NOS/c1-16(2)14(15(11-17)9-4-10-15)12-5-7-13(18-3)8-6-12/h5-8,14,17H,4,9-11H2,1-3H3. The highest BCUT2D eigenvalue weighted by atomic mass is 32.2. The predicted molar refractivity (Wildman–Crippen MR) is 78.0 cm³/mol. The monoisotopic (exact) mass is 265 g/mol. The number of benzene rings is 1. The maximum Gasteiger partial charge on any atom is 0.0505 e. The van der Waals surface area contributed by atoms with E-state index < -0.39 is 0 Å². The Morgan fingerprint density at radius 3 is 2.22 bits per heavy atom. The number of thioether (sulfide) groups is 1. The molecule has 0 heterocycles. The minimum atomic E-state index is 0.0738. The lowest BCUT2D eigenvalue weighted by Gasteiger charge is -2.49. The molecule has 18 heavy (non-hydrogen) atoms. The third-order valence-corrected chi connectivity index (χ3v) is 4.94. The Hall–Kier alpha value is -0.510. The highest BCUT2D eigenvalue weighted by Crippen LogP contribution is 2.51. The normalized spacial score (nSPS) is 19.6. The second-order valence-corrected chi connectivity index (χ2v) is 6.39. The summed E-state index contributed by atoms with van der Waals surface area (Å²) in [6.45, 7) is 0.292. The van der Waals surface area contributed by atoms with Gasteiger partial charge < -0.3 is 10.0 Å². The summed E-state index contributed by atoms with van der Waals surface area (Å²) in [5.74, 6) is 0. The lowest BCUT2D eigenvalue weighted by molar-refractivity contribution is -0.0308. The molecular weight excluding hydrogens is 242 g/mol. The lowest BCUT2D eigenvalue weighted by Crippen LogP contribution is -2.45. The Morgan fingerprint density at radius 2 is 1.89 bits per heavy atom. The minimum Gasteiger partial charge on any atom is -0.396 e. The van der Waals surface area contributed by atoms with E-state index in [-0.39, 0.29) is 5.41 Å². The molecule has 1 aromatic rings. The van der Waals surface area contributed by atoms with Gasteiger partial charge in [-0.3, -0.25) is 0 Å². The molecule has 1 fully saturated rings. The van der Waals surface area contributed by atoms with Crippen molar-refractivity contribution in [3.8, 4) is 0 Å². The van der Waals surface area contributed by atoms with Gasteiger partial charge in [0, 0.05) is 16.4 Å². The highest BCUT2D eigenvalue weighted by molar-refractivity contribution is 7.98. The van der Waals surface area contributed by atoms with Gasteiger partial charge in [-0.1, -0.05) is 18.6 Å². The van der Waals surface area contributed by atoms with Crippen molar-refractivity contribution < 1.29 is 5.11 Å². The van der Waals surface area contributed by atoms with Crippen LogP contribution in [0.3, 0.4) is 0 Å². The molecule has 1 aliphatic rings. The summed E-state index contributed by atoms with van der Waals surface area (Å²) >= 11 is 1.77. The zero-order chi connectivity index (χ0) is 13.2. The van der Waals surface area contributed by atoms with Gasteiger partial charge in [-0.25, -0.2) is 0 Å². The van der Waals surface area contributed by atoms with Crippen LogP contribution in [0.25, 0.3) is 0 Å². The fourth-order valence-electron chi connectivity index (χ4n) is 3.13. The van der Waals surface area contributed by atoms with Gasteiger partial charge in [-0.2, -0.15) is 0 Å². The van der Waals surface area contributed by atoms with E-state index >= 15 is 0 Å². The first-order valence-electron chi connectivity index (χ1n) is 6.54. The second kappa shape index (κ2) is 5.64. The van der Waals surface area contributed by atoms with Gasteiger partial charge >= 0.3 is 0 Å². The third-order valence-electron chi connectivity index (χ3n) is 4.19. The molecule has 1 N–H and O–H groups in total. The molecule has 0 saturated heterocycles. The zero-order valence-corrected chi connectivity index (χ0v) is 12.3. The molecule has 1 aromatic carbocycles. The van der Waals surface area contributed by atoms with E-state index in [0.717, 1.165) is 12.8 Å². The van der Waals surface area contributed by atoms with Crippen LogP contribution in [-0.4, -0.2) is 37.0 Å². The van der Waals surface area contributed by atoms with Crippen LogP contribution in [0.1, 0.15) is 30.9 Å². The van der Waals surface area contributed by atoms with Crippen molar-refractivity contribution >= 4 is 11.8 Å². The van der Waals surface area contributed by atoms with Crippen molar-refractivity contribution in [2.75, 3.05) is 27.0 Å². The van der Waals surface area contributed by atoms with Crippen LogP contribution in [-0.2, 0) is 0 Å². The topological polar surface area (TPSA) is 23.5 Å². The van der Waals surface area contributed by atoms with E-state index in [1.165, 1.54) is 16.9 Å². The molecule has 0 amide bonds. The maximum atomic E-state index is 9.79. The summed E-state index contributed by atoms with van der Waals surface area (Å²) in [5.41, 5.74) is 1.40. The predicted octanol–water partition coefficient (Wildman–Crippen LogP) is 3.17. The third kappa shape index (κ3) is 2.44. The molecule has 0 aromatic heterocycles. The molecule has 3 heteroatoms. The summed E-state index contributed by atoms with van der Waals surface area (Å²) in [7, 11) is 4.23. The second-order valence-electron chi connectivity index (χ2n) is 5.51. The molecule has 2 rings (SSSR count). The molecule has 1 unspecified atom stereocenters. The number of hydrogen-bond donors (Lipinski definition) is 1. The number of aliphatic hydroxyl groups excluding tert-OH is 1. The van der Waals surface area contributed by atoms with Crippen LogP contribution in [0.4, 0.5) is 0 Å². The number of rotatable bonds is 5. The highest BCUT2D eigenvalue weighted by Gasteiger charge is 2.45. The van der Waals surface area contributed by atoms with Gasteiger partial charge in [0.2, 0.25) is 0 Å². The molecule has 2 nitrogen and oxygen atoms in total. The summed E-state index contributed by atoms with van der Waals surface area (Å²) in [6.07, 6.45) is 5.61. The van der Waals surface area contributed by atoms with E-state index in [9.17, 15) is 5.11 Å². The Morgan fingerprint density at radius 1 is 1.28 bits per heavy atom. The first kappa shape index (κ1) is 13.9. The molecule has 0 radical (unpaired) electrons. The van der Waals surface area contributed by atoms with Gasteiger partial charge in [-0.15, -0.1) is 11.8 Å². The van der Waals surface area contributed by atoms with Crippen molar-refractivity contribution in [1.29, 1.82) is 0 Å². The average Bonchev–Trinajstić information content (AvgIpc) is 2.33. The van der Waals surface area contributed by atoms with Crippen molar-refractivity contribution in [2.45, 2.75) is 30.2 Å². The van der Waals surface area contributed by atoms with Gasteiger partial charge in [-0.05, 0) is 50.9 Å². The minimum absolute atomic E-state index is 0.0738. The Labute approximate surface area is 114 Å². The molecule has 1 aliphatic carbocycles. The van der Waals surface area contributed by atoms with Crippen LogP contribution >= 0.6 is 11.8 Å². The first-order valence-corrected chi connectivity index (χ1v) is 7.77. The van der Waals surface area contributed by atoms with Crippen LogP contribution in [0, 0.1) is 5.41 Å². The molecule has 100 valence electrons. The molecule has 0 spiro atoms. The largest absolute Gasteiger partial charge is 0.396 e. The molecule has 0 bridgehead atoms. The lowest BCUT2D eigenvalue weighted by atomic mass is 9.62. The fraction of sp³-hybridized carbons (Fsp3) is 0.600. The van der Waals surface area contributed by atoms with Crippen molar-refractivity contribution in [3.63, 3.8) is 0 Å². The quantitative estimate of drug-likeness (QED) is 0.827. The van der Waals surface area contributed by atoms with Gasteiger partial charge in [0.1, 0.15) is 0 Å². The van der Waals surface area contributed by atoms with E-state index in [4.69, 9.17) is 0 Å². The van der Waals surface area contributed by atoms with Gasteiger partial charge in [0.25, 0.3) is 0 Å². The zero-order valence-electron chi connectivity index (χ0n) is 11.5. The van der Waals surface area contributed by atoms with Crippen LogP contribution in [0.5, 0.6) is 0 Å². The SMILES string of the molecule is CSc1ccc(C(N(C)C)C2(CO)CCC2)cc1. The maximum absolute atomic E-state index is 9.79. The fourth-order valence-corrected chi connectivity index (χ4v) is 3.54. The van der Waals surface area contributed by atoms with Crippen molar-refractivity contribution in [3.05, 3.63) is 29.8 Å². The van der Waals surface area contributed by atoms with Gasteiger partial charge in [0.05, 0.1) is 6.61 Å². The molecule has 0 aliphatic heterocycles. The van der Waals surface area contributed by atoms with Crippen LogP contribution in [0.2, 0.25) is 0 Å². The first-order chi connectivity index (χ1) is 8.63. The van der Waals surface area contributed by atoms with E-state index in [2.05, 4.69) is 49.5 Å². The molecule has 1 saturated carbocycles. The number of hydrogen-bond acceptors (Lipinski definition) is 3. The Kier molecular flexibility index (Phi) is 4.36. The summed E-state index contributed by atoms with van der Waals surface area (Å²) in [5, 5.41) is 9.79. The van der Waals surface area contributed by atoms with Gasteiger partial charge in [0.15, 0.2) is 0 Å². The average molecular weight is 265 g/mol. The van der Waals surface area contributed by atoms with Crippen molar-refractivity contribution in [1.82, 2.24) is 4.90 Å².